The molecule has 1 aromatic heterocycles. The molecule has 0 aliphatic rings. The van der Waals surface area contributed by atoms with Gasteiger partial charge in [0.05, 0.1) is 38.8 Å². The first-order chi connectivity index (χ1) is 29.5. The molecule has 1 heterocycles. The summed E-state index contributed by atoms with van der Waals surface area (Å²) in [6.45, 7) is 5.89. The van der Waals surface area contributed by atoms with E-state index in [-0.39, 0.29) is 102 Å². The van der Waals surface area contributed by atoms with Crippen molar-refractivity contribution in [3.63, 3.8) is 0 Å². The zero-order chi connectivity index (χ0) is 44.7. The lowest BCUT2D eigenvalue weighted by Crippen LogP contribution is -2.33. The molecule has 0 spiro atoms. The molecule has 3 amide bonds. The van der Waals surface area contributed by atoms with E-state index in [4.69, 9.17) is 18.9 Å². The molecule has 61 heavy (non-hydrogen) atoms. The number of H-pyrrole nitrogens is 1. The number of ether oxygens (including phenoxy) is 4. The maximum atomic E-state index is 12.3. The van der Waals surface area contributed by atoms with Crippen LogP contribution in [0.15, 0.2) is 0 Å². The Kier molecular flexibility index (Phi) is 34.9. The molecular formula is C42H79N7O11S. The second kappa shape index (κ2) is 38.3. The molecule has 0 radical (unpaired) electrons. The molecule has 0 saturated carbocycles. The van der Waals surface area contributed by atoms with Crippen LogP contribution in [0.3, 0.4) is 0 Å². The van der Waals surface area contributed by atoms with E-state index >= 15 is 0 Å². The summed E-state index contributed by atoms with van der Waals surface area (Å²) in [6.07, 6.45) is 19.2. The average molecular weight is 890 g/mol. The normalized spacial score (nSPS) is 12.0. The molecule has 4 N–H and O–H groups in total. The highest BCUT2D eigenvalue weighted by Crippen LogP contribution is 2.14. The largest absolute Gasteiger partial charge is 0.379 e. The first-order valence-corrected chi connectivity index (χ1v) is 24.3. The van der Waals surface area contributed by atoms with Crippen molar-refractivity contribution in [2.75, 3.05) is 71.7 Å². The third-order valence-electron chi connectivity index (χ3n) is 9.91. The molecule has 1 atom stereocenters. The Balaban J connectivity index is 0.0000372. The number of unbranched alkanes of at least 4 members (excludes halogenated alkanes) is 13. The van der Waals surface area contributed by atoms with Gasteiger partial charge in [0.2, 0.25) is 27.7 Å². The molecule has 0 saturated heterocycles. The lowest BCUT2D eigenvalue weighted by Gasteiger charge is -2.09. The SMILES string of the molecule is CC(=O)[C@@H](C)CCCCNC(=O)COCCOCCCC(=O)COCCOCCNC(=O)CCCS(=O)(=O)NC(=O)CCCCCCCCCCCCCCCc1nn[nH]n1.[HH]. The number of sulfonamides is 1. The van der Waals surface area contributed by atoms with Gasteiger partial charge in [-0.2, -0.15) is 5.21 Å². The van der Waals surface area contributed by atoms with Gasteiger partial charge in [-0.05, 0) is 45.4 Å². The highest BCUT2D eigenvalue weighted by Gasteiger charge is 2.15. The Bertz CT molecular complexity index is 1410. The minimum Gasteiger partial charge on any atom is -0.379 e. The van der Waals surface area contributed by atoms with Crippen LogP contribution in [0.4, 0.5) is 0 Å². The van der Waals surface area contributed by atoms with Crippen molar-refractivity contribution in [2.24, 2.45) is 5.92 Å². The Morgan fingerprint density at radius 3 is 1.82 bits per heavy atom. The lowest BCUT2D eigenvalue weighted by atomic mass is 10.0. The third-order valence-corrected chi connectivity index (χ3v) is 11.3. The number of aryl methyl sites for hydroxylation is 1. The van der Waals surface area contributed by atoms with Gasteiger partial charge in [-0.15, -0.1) is 10.2 Å². The van der Waals surface area contributed by atoms with Gasteiger partial charge >= 0.3 is 0 Å². The quantitative estimate of drug-likeness (QED) is 0.0648. The van der Waals surface area contributed by atoms with Crippen LogP contribution in [0, 0.1) is 5.92 Å². The molecule has 0 aromatic carbocycles. The van der Waals surface area contributed by atoms with Gasteiger partial charge in [-0.1, -0.05) is 89.2 Å². The molecule has 19 heteroatoms. The fourth-order valence-electron chi connectivity index (χ4n) is 6.14. The number of aromatic amines is 1. The van der Waals surface area contributed by atoms with Gasteiger partial charge < -0.3 is 29.6 Å². The van der Waals surface area contributed by atoms with Gasteiger partial charge in [0.25, 0.3) is 0 Å². The van der Waals surface area contributed by atoms with Crippen LogP contribution in [-0.2, 0) is 59.4 Å². The van der Waals surface area contributed by atoms with E-state index < -0.39 is 15.9 Å². The van der Waals surface area contributed by atoms with Gasteiger partial charge in [-0.3, -0.25) is 28.7 Å². The predicted octanol–water partition coefficient (Wildman–Crippen LogP) is 4.72. The van der Waals surface area contributed by atoms with Crippen LogP contribution >= 0.6 is 0 Å². The molecule has 0 fully saturated rings. The molecule has 18 nitrogen and oxygen atoms in total. The summed E-state index contributed by atoms with van der Waals surface area (Å²) in [4.78, 5) is 59.2. The van der Waals surface area contributed by atoms with Crippen LogP contribution in [-0.4, -0.2) is 130 Å². The van der Waals surface area contributed by atoms with Crippen LogP contribution in [0.1, 0.15) is 156 Å². The molecule has 0 aliphatic heterocycles. The minimum atomic E-state index is -3.80. The molecule has 0 bridgehead atoms. The molecule has 1 aromatic rings. The smallest absolute Gasteiger partial charge is 0.245 e. The maximum absolute atomic E-state index is 12.3. The number of aromatic nitrogens is 4. The topological polar surface area (TPSA) is 247 Å². The summed E-state index contributed by atoms with van der Waals surface area (Å²) >= 11 is 0. The summed E-state index contributed by atoms with van der Waals surface area (Å²) in [7, 11) is -3.80. The number of hydrogen-bond acceptors (Lipinski definition) is 14. The van der Waals surface area contributed by atoms with Crippen molar-refractivity contribution < 1.29 is 52.8 Å². The van der Waals surface area contributed by atoms with Crippen LogP contribution in [0.25, 0.3) is 0 Å². The lowest BCUT2D eigenvalue weighted by molar-refractivity contribution is -0.127. The second-order valence-electron chi connectivity index (χ2n) is 15.6. The van der Waals surface area contributed by atoms with E-state index in [0.29, 0.717) is 39.0 Å². The number of nitrogens with one attached hydrogen (secondary N) is 4. The fourth-order valence-corrected chi connectivity index (χ4v) is 7.22. The average Bonchev–Trinajstić information content (AvgIpc) is 3.74. The number of amides is 3. The fraction of sp³-hybridized carbons (Fsp3) is 0.857. The molecule has 0 unspecified atom stereocenters. The minimum absolute atomic E-state index is 0. The van der Waals surface area contributed by atoms with Crippen LogP contribution in [0.5, 0.6) is 0 Å². The van der Waals surface area contributed by atoms with Gasteiger partial charge in [0.1, 0.15) is 19.0 Å². The van der Waals surface area contributed by atoms with Crippen molar-refractivity contribution in [2.45, 2.75) is 155 Å². The number of carbonyl (C=O) groups is 5. The number of ketones is 2. The summed E-state index contributed by atoms with van der Waals surface area (Å²) in [6, 6.07) is 0. The van der Waals surface area contributed by atoms with Gasteiger partial charge in [0.15, 0.2) is 11.6 Å². The second-order valence-corrected chi connectivity index (χ2v) is 17.4. The standard InChI is InChI=1S/C42H77N7O11S.H2/c1-36(37(2)50)20-16-17-25-43-42(54)35-60-32-29-57-27-18-21-38(51)34-59-31-30-58-28-26-44-40(52)24-19-33-61(55,56)47-41(53)23-15-13-11-9-7-5-3-4-6-8-10-12-14-22-39-45-48-49-46-39;/h36H,3-35H2,1-2H3,(H,43,54)(H,44,52)(H,47,53)(H,45,46,48,49);1H/t36-;/m0./s1. The molecule has 1 rings (SSSR count). The Labute approximate surface area is 365 Å². The summed E-state index contributed by atoms with van der Waals surface area (Å²) in [5, 5.41) is 19.4. The summed E-state index contributed by atoms with van der Waals surface area (Å²) in [5.41, 5.74) is 0. The number of tetrazole rings is 1. The van der Waals surface area contributed by atoms with E-state index in [1.165, 1.54) is 51.4 Å². The van der Waals surface area contributed by atoms with E-state index in [9.17, 15) is 32.4 Å². The number of rotatable bonds is 44. The molecule has 0 aliphatic carbocycles. The maximum Gasteiger partial charge on any atom is 0.245 e. The van der Waals surface area contributed by atoms with Crippen molar-refractivity contribution in [1.82, 2.24) is 36.0 Å². The van der Waals surface area contributed by atoms with E-state index in [1.807, 2.05) is 6.92 Å². The number of hydrogen-bond donors (Lipinski definition) is 4. The zero-order valence-electron chi connectivity index (χ0n) is 37.2. The first-order valence-electron chi connectivity index (χ1n) is 22.6. The highest BCUT2D eigenvalue weighted by atomic mass is 32.2. The Morgan fingerprint density at radius 1 is 0.607 bits per heavy atom. The van der Waals surface area contributed by atoms with E-state index in [1.54, 1.807) is 6.92 Å². The monoisotopic (exact) mass is 890 g/mol. The van der Waals surface area contributed by atoms with Crippen LogP contribution < -0.4 is 15.4 Å². The predicted molar refractivity (Wildman–Crippen MR) is 233 cm³/mol. The highest BCUT2D eigenvalue weighted by molar-refractivity contribution is 7.90. The number of nitrogens with zero attached hydrogens (tertiary/aromatic N) is 3. The Morgan fingerprint density at radius 2 is 1.18 bits per heavy atom. The first kappa shape index (κ1) is 55.6. The summed E-state index contributed by atoms with van der Waals surface area (Å²) < 4.78 is 48.1. The van der Waals surface area contributed by atoms with E-state index in [2.05, 4.69) is 36.0 Å². The van der Waals surface area contributed by atoms with E-state index in [0.717, 1.165) is 57.2 Å². The van der Waals surface area contributed by atoms with Crippen molar-refractivity contribution in [3.8, 4) is 0 Å². The Hall–Kier alpha value is -3.39. The van der Waals surface area contributed by atoms with Gasteiger partial charge in [-0.25, -0.2) is 8.42 Å². The molecule has 354 valence electrons. The van der Waals surface area contributed by atoms with Crippen molar-refractivity contribution in [1.29, 1.82) is 0 Å². The zero-order valence-corrected chi connectivity index (χ0v) is 38.0. The molecular weight excluding hydrogens is 811 g/mol. The van der Waals surface area contributed by atoms with Gasteiger partial charge in [0, 0.05) is 52.7 Å². The number of Topliss-reactive ketones (excluding diaryl/α,β-unsaturated/α-hetero) is 2. The van der Waals surface area contributed by atoms with Crippen molar-refractivity contribution >= 4 is 39.3 Å². The summed E-state index contributed by atoms with van der Waals surface area (Å²) in [5.74, 6) is -0.350. The van der Waals surface area contributed by atoms with Crippen molar-refractivity contribution in [3.05, 3.63) is 5.82 Å². The third kappa shape index (κ3) is 36.9. The van der Waals surface area contributed by atoms with Crippen LogP contribution in [0.2, 0.25) is 0 Å². The number of carbonyl (C=O) groups excluding carboxylic acids is 5.